The van der Waals surface area contributed by atoms with E-state index in [0.717, 1.165) is 11.1 Å². The molecule has 17 heavy (non-hydrogen) atoms. The third-order valence-electron chi connectivity index (χ3n) is 2.24. The Hall–Kier alpha value is -1.82. The number of H-pyrrole nitrogens is 1. The van der Waals surface area contributed by atoms with Crippen LogP contribution in [-0.2, 0) is 10.0 Å². The summed E-state index contributed by atoms with van der Waals surface area (Å²) in [7, 11) is -3.57. The standard InChI is InChI=1S/C11H13N3O2S/c1-8-3-9(2)5-10(4-8)14-17(15,16)11-6-12-7-13-11/h3-7,14H,1-2H3,(H,12,13). The lowest BCUT2D eigenvalue weighted by Crippen LogP contribution is -2.13. The number of imidazole rings is 1. The van der Waals surface area contributed by atoms with Gasteiger partial charge in [-0.1, -0.05) is 6.07 Å². The second-order valence-electron chi connectivity index (χ2n) is 3.90. The molecule has 1 heterocycles. The first-order valence-corrected chi connectivity index (χ1v) is 6.55. The predicted octanol–water partition coefficient (Wildman–Crippen LogP) is 1.83. The molecule has 0 aliphatic rings. The van der Waals surface area contributed by atoms with Crippen LogP contribution in [0.15, 0.2) is 35.7 Å². The van der Waals surface area contributed by atoms with Gasteiger partial charge in [-0.15, -0.1) is 0 Å². The number of aromatic nitrogens is 2. The zero-order chi connectivity index (χ0) is 12.5. The molecule has 1 aromatic carbocycles. The number of benzene rings is 1. The molecule has 0 unspecified atom stereocenters. The Morgan fingerprint density at radius 3 is 2.35 bits per heavy atom. The lowest BCUT2D eigenvalue weighted by atomic mass is 10.1. The van der Waals surface area contributed by atoms with E-state index in [4.69, 9.17) is 0 Å². The third-order valence-corrected chi connectivity index (χ3v) is 3.54. The van der Waals surface area contributed by atoms with Crippen molar-refractivity contribution in [3.63, 3.8) is 0 Å². The summed E-state index contributed by atoms with van der Waals surface area (Å²) in [5.74, 6) is 0. The first-order valence-electron chi connectivity index (χ1n) is 5.07. The van der Waals surface area contributed by atoms with E-state index >= 15 is 0 Å². The Balaban J connectivity index is 2.33. The number of hydrogen-bond acceptors (Lipinski definition) is 3. The zero-order valence-electron chi connectivity index (χ0n) is 9.56. The second kappa shape index (κ2) is 4.21. The van der Waals surface area contributed by atoms with Gasteiger partial charge in [-0.05, 0) is 37.1 Å². The van der Waals surface area contributed by atoms with Crippen molar-refractivity contribution in [3.8, 4) is 0 Å². The van der Waals surface area contributed by atoms with Gasteiger partial charge in [-0.25, -0.2) is 4.98 Å². The number of sulfonamides is 1. The maximum Gasteiger partial charge on any atom is 0.278 e. The quantitative estimate of drug-likeness (QED) is 0.873. The van der Waals surface area contributed by atoms with E-state index in [-0.39, 0.29) is 5.03 Å². The lowest BCUT2D eigenvalue weighted by Gasteiger charge is -2.08. The average molecular weight is 251 g/mol. The molecule has 0 saturated heterocycles. The summed E-state index contributed by atoms with van der Waals surface area (Å²) < 4.78 is 26.3. The van der Waals surface area contributed by atoms with Gasteiger partial charge in [0, 0.05) is 5.69 Å². The number of aryl methyl sites for hydroxylation is 2. The molecule has 0 bridgehead atoms. The van der Waals surface area contributed by atoms with E-state index in [1.165, 1.54) is 12.5 Å². The number of nitrogens with zero attached hydrogens (tertiary/aromatic N) is 1. The number of hydrogen-bond donors (Lipinski definition) is 2. The fourth-order valence-corrected chi connectivity index (χ4v) is 2.58. The van der Waals surface area contributed by atoms with Crippen molar-refractivity contribution in [2.75, 3.05) is 4.72 Å². The Morgan fingerprint density at radius 2 is 1.82 bits per heavy atom. The Kier molecular flexibility index (Phi) is 2.89. The van der Waals surface area contributed by atoms with Crippen molar-refractivity contribution < 1.29 is 8.42 Å². The number of rotatable bonds is 3. The van der Waals surface area contributed by atoms with E-state index in [0.29, 0.717) is 5.69 Å². The highest BCUT2D eigenvalue weighted by Crippen LogP contribution is 2.17. The highest BCUT2D eigenvalue weighted by Gasteiger charge is 2.15. The summed E-state index contributed by atoms with van der Waals surface area (Å²) in [4.78, 5) is 6.26. The summed E-state index contributed by atoms with van der Waals surface area (Å²) >= 11 is 0. The minimum atomic E-state index is -3.57. The highest BCUT2D eigenvalue weighted by atomic mass is 32.2. The molecule has 2 aromatic rings. The van der Waals surface area contributed by atoms with Crippen LogP contribution in [0.1, 0.15) is 11.1 Å². The number of nitrogens with one attached hydrogen (secondary N) is 2. The smallest absolute Gasteiger partial charge is 0.278 e. The Labute approximate surface area is 100.0 Å². The Morgan fingerprint density at radius 1 is 1.18 bits per heavy atom. The molecule has 0 spiro atoms. The maximum absolute atomic E-state index is 11.9. The minimum Gasteiger partial charge on any atom is -0.334 e. The van der Waals surface area contributed by atoms with Gasteiger partial charge in [0.1, 0.15) is 0 Å². The van der Waals surface area contributed by atoms with Crippen LogP contribution in [-0.4, -0.2) is 18.4 Å². The fourth-order valence-electron chi connectivity index (χ4n) is 1.63. The molecule has 0 atom stereocenters. The molecule has 0 radical (unpaired) electrons. The molecule has 5 nitrogen and oxygen atoms in total. The van der Waals surface area contributed by atoms with Gasteiger partial charge in [0.15, 0.2) is 5.03 Å². The average Bonchev–Trinajstić information content (AvgIpc) is 2.67. The van der Waals surface area contributed by atoms with Crippen molar-refractivity contribution in [1.82, 2.24) is 9.97 Å². The van der Waals surface area contributed by atoms with Gasteiger partial charge < -0.3 is 4.98 Å². The number of anilines is 1. The molecule has 0 amide bonds. The topological polar surface area (TPSA) is 74.8 Å². The van der Waals surface area contributed by atoms with Crippen LogP contribution < -0.4 is 4.72 Å². The summed E-state index contributed by atoms with van der Waals surface area (Å²) in [5, 5.41) is 0.0525. The SMILES string of the molecule is Cc1cc(C)cc(NS(=O)(=O)c2cnc[nH]2)c1. The second-order valence-corrected chi connectivity index (χ2v) is 5.55. The van der Waals surface area contributed by atoms with Gasteiger partial charge in [0.05, 0.1) is 12.5 Å². The summed E-state index contributed by atoms with van der Waals surface area (Å²) in [6, 6.07) is 5.54. The van der Waals surface area contributed by atoms with E-state index in [1.54, 1.807) is 12.1 Å². The lowest BCUT2D eigenvalue weighted by molar-refractivity contribution is 0.598. The fraction of sp³-hybridized carbons (Fsp3) is 0.182. The third kappa shape index (κ3) is 2.65. The number of aromatic amines is 1. The zero-order valence-corrected chi connectivity index (χ0v) is 10.4. The van der Waals surface area contributed by atoms with Crippen LogP contribution in [0, 0.1) is 13.8 Å². The van der Waals surface area contributed by atoms with Gasteiger partial charge in [0.25, 0.3) is 10.0 Å². The van der Waals surface area contributed by atoms with Gasteiger partial charge in [-0.3, -0.25) is 4.72 Å². The summed E-state index contributed by atoms with van der Waals surface area (Å²) in [6.07, 6.45) is 2.60. The molecule has 0 aliphatic heterocycles. The molecule has 1 aromatic heterocycles. The van der Waals surface area contributed by atoms with Crippen molar-refractivity contribution in [3.05, 3.63) is 41.9 Å². The molecular formula is C11H13N3O2S. The van der Waals surface area contributed by atoms with Gasteiger partial charge >= 0.3 is 0 Å². The monoisotopic (exact) mass is 251 g/mol. The van der Waals surface area contributed by atoms with Crippen LogP contribution in [0.4, 0.5) is 5.69 Å². The molecule has 2 N–H and O–H groups in total. The first kappa shape index (κ1) is 11.7. The largest absolute Gasteiger partial charge is 0.334 e. The van der Waals surface area contributed by atoms with E-state index in [1.807, 2.05) is 19.9 Å². The minimum absolute atomic E-state index is 0.0525. The molecular weight excluding hydrogens is 238 g/mol. The highest BCUT2D eigenvalue weighted by molar-refractivity contribution is 7.92. The van der Waals surface area contributed by atoms with Crippen LogP contribution >= 0.6 is 0 Å². The molecule has 0 fully saturated rings. The van der Waals surface area contributed by atoms with Gasteiger partial charge in [0.2, 0.25) is 0 Å². The summed E-state index contributed by atoms with van der Waals surface area (Å²) in [5.41, 5.74) is 2.57. The first-order chi connectivity index (χ1) is 7.97. The van der Waals surface area contributed by atoms with Crippen molar-refractivity contribution in [1.29, 1.82) is 0 Å². The van der Waals surface area contributed by atoms with Crippen LogP contribution in [0.25, 0.3) is 0 Å². The maximum atomic E-state index is 11.9. The molecule has 0 saturated carbocycles. The molecule has 2 rings (SSSR count). The van der Waals surface area contributed by atoms with Crippen molar-refractivity contribution >= 4 is 15.7 Å². The predicted molar refractivity (Wildman–Crippen MR) is 65.3 cm³/mol. The molecule has 0 aliphatic carbocycles. The van der Waals surface area contributed by atoms with Crippen LogP contribution in [0.3, 0.4) is 0 Å². The van der Waals surface area contributed by atoms with E-state index in [2.05, 4.69) is 14.7 Å². The van der Waals surface area contributed by atoms with Gasteiger partial charge in [-0.2, -0.15) is 8.42 Å². The van der Waals surface area contributed by atoms with Crippen molar-refractivity contribution in [2.24, 2.45) is 0 Å². The summed E-state index contributed by atoms with van der Waals surface area (Å²) in [6.45, 7) is 3.84. The van der Waals surface area contributed by atoms with Crippen LogP contribution in [0.2, 0.25) is 0 Å². The molecule has 6 heteroatoms. The van der Waals surface area contributed by atoms with Crippen LogP contribution in [0.5, 0.6) is 0 Å². The molecule has 90 valence electrons. The van der Waals surface area contributed by atoms with E-state index < -0.39 is 10.0 Å². The van der Waals surface area contributed by atoms with Crippen molar-refractivity contribution in [2.45, 2.75) is 18.9 Å². The normalized spacial score (nSPS) is 11.4. The Bertz CT molecular complexity index is 598. The van der Waals surface area contributed by atoms with E-state index in [9.17, 15) is 8.42 Å².